The van der Waals surface area contributed by atoms with E-state index in [-0.39, 0.29) is 12.3 Å². The van der Waals surface area contributed by atoms with Crippen molar-refractivity contribution in [1.82, 2.24) is 15.1 Å². The van der Waals surface area contributed by atoms with Gasteiger partial charge in [0.1, 0.15) is 17.8 Å². The van der Waals surface area contributed by atoms with Crippen molar-refractivity contribution in [2.24, 2.45) is 0 Å². The number of nitrogens with zero attached hydrogens (tertiary/aromatic N) is 4. The first kappa shape index (κ1) is 17.0. The summed E-state index contributed by atoms with van der Waals surface area (Å²) in [6.45, 7) is 1.92. The minimum Gasteiger partial charge on any atom is -0.485 e. The van der Waals surface area contributed by atoms with Gasteiger partial charge >= 0.3 is 0 Å². The number of hydrogen-bond donors (Lipinski definition) is 1. The van der Waals surface area contributed by atoms with Gasteiger partial charge in [-0.15, -0.1) is 0 Å². The van der Waals surface area contributed by atoms with Crippen molar-refractivity contribution in [2.75, 3.05) is 5.32 Å². The molecule has 1 fully saturated rings. The summed E-state index contributed by atoms with van der Waals surface area (Å²) in [6, 6.07) is 8.92. The number of nitrogens with one attached hydrogen (secondary N) is 1. The first-order chi connectivity index (χ1) is 13.1. The molecule has 0 unspecified atom stereocenters. The SMILES string of the molecule is Cc1cc(Nc2ccc(OCc3noc(C4CC4)n3)cc2)ncc1[N+](=O)[O-]. The van der Waals surface area contributed by atoms with E-state index in [0.717, 1.165) is 18.5 Å². The molecule has 1 aromatic carbocycles. The molecule has 1 N–H and O–H groups in total. The summed E-state index contributed by atoms with van der Waals surface area (Å²) in [5, 5.41) is 17.9. The molecule has 0 bridgehead atoms. The Bertz CT molecular complexity index is 966. The van der Waals surface area contributed by atoms with Crippen molar-refractivity contribution < 1.29 is 14.2 Å². The molecular formula is C18H17N5O4. The molecule has 1 saturated carbocycles. The van der Waals surface area contributed by atoms with Crippen molar-refractivity contribution in [2.45, 2.75) is 32.3 Å². The van der Waals surface area contributed by atoms with Gasteiger partial charge in [-0.1, -0.05) is 5.16 Å². The Hall–Kier alpha value is -3.49. The number of pyridine rings is 1. The highest BCUT2D eigenvalue weighted by atomic mass is 16.6. The van der Waals surface area contributed by atoms with E-state index in [2.05, 4.69) is 20.4 Å². The Labute approximate surface area is 154 Å². The van der Waals surface area contributed by atoms with E-state index in [1.54, 1.807) is 13.0 Å². The lowest BCUT2D eigenvalue weighted by Crippen LogP contribution is -1.99. The first-order valence-electron chi connectivity index (χ1n) is 8.52. The summed E-state index contributed by atoms with van der Waals surface area (Å²) < 4.78 is 10.9. The maximum Gasteiger partial charge on any atom is 0.290 e. The number of aryl methyl sites for hydroxylation is 1. The van der Waals surface area contributed by atoms with Crippen LogP contribution in [0, 0.1) is 17.0 Å². The molecule has 0 amide bonds. The van der Waals surface area contributed by atoms with Gasteiger partial charge in [0, 0.05) is 17.2 Å². The van der Waals surface area contributed by atoms with Crippen molar-refractivity contribution in [3.8, 4) is 5.75 Å². The highest BCUT2D eigenvalue weighted by Gasteiger charge is 2.29. The third kappa shape index (κ3) is 4.02. The zero-order valence-corrected chi connectivity index (χ0v) is 14.6. The fourth-order valence-corrected chi connectivity index (χ4v) is 2.56. The highest BCUT2D eigenvalue weighted by molar-refractivity contribution is 5.59. The summed E-state index contributed by atoms with van der Waals surface area (Å²) in [7, 11) is 0. The second kappa shape index (κ2) is 7.02. The fourth-order valence-electron chi connectivity index (χ4n) is 2.56. The van der Waals surface area contributed by atoms with Gasteiger partial charge in [-0.2, -0.15) is 4.98 Å². The Morgan fingerprint density at radius 3 is 2.78 bits per heavy atom. The van der Waals surface area contributed by atoms with Gasteiger partial charge in [0.05, 0.1) is 4.92 Å². The Balaban J connectivity index is 1.35. The number of benzene rings is 1. The highest BCUT2D eigenvalue weighted by Crippen LogP contribution is 2.38. The summed E-state index contributed by atoms with van der Waals surface area (Å²) in [4.78, 5) is 18.8. The smallest absolute Gasteiger partial charge is 0.290 e. The molecule has 27 heavy (non-hydrogen) atoms. The first-order valence-corrected chi connectivity index (χ1v) is 8.52. The van der Waals surface area contributed by atoms with Gasteiger partial charge in [0.2, 0.25) is 11.7 Å². The number of ether oxygens (including phenoxy) is 1. The zero-order chi connectivity index (χ0) is 18.8. The Morgan fingerprint density at radius 2 is 2.11 bits per heavy atom. The van der Waals surface area contributed by atoms with E-state index in [1.807, 2.05) is 24.3 Å². The van der Waals surface area contributed by atoms with Crippen LogP contribution in [-0.4, -0.2) is 20.0 Å². The van der Waals surface area contributed by atoms with Crippen LogP contribution < -0.4 is 10.1 Å². The van der Waals surface area contributed by atoms with Crippen LogP contribution in [0.2, 0.25) is 0 Å². The van der Waals surface area contributed by atoms with Crippen LogP contribution in [-0.2, 0) is 6.61 Å². The quantitative estimate of drug-likeness (QED) is 0.494. The Kier molecular flexibility index (Phi) is 4.41. The van der Waals surface area contributed by atoms with E-state index in [0.29, 0.717) is 34.8 Å². The number of nitro groups is 1. The number of anilines is 2. The average molecular weight is 367 g/mol. The van der Waals surface area contributed by atoms with Crippen molar-refractivity contribution in [1.29, 1.82) is 0 Å². The second-order valence-corrected chi connectivity index (χ2v) is 6.37. The van der Waals surface area contributed by atoms with E-state index >= 15 is 0 Å². The minimum atomic E-state index is -0.449. The van der Waals surface area contributed by atoms with Crippen molar-refractivity contribution in [3.05, 3.63) is 63.9 Å². The summed E-state index contributed by atoms with van der Waals surface area (Å²) in [5.74, 6) is 2.86. The van der Waals surface area contributed by atoms with Gasteiger partial charge in [-0.25, -0.2) is 4.98 Å². The third-order valence-corrected chi connectivity index (χ3v) is 4.18. The van der Waals surface area contributed by atoms with Crippen LogP contribution in [0.25, 0.3) is 0 Å². The molecule has 138 valence electrons. The average Bonchev–Trinajstić information content (AvgIpc) is 3.39. The van der Waals surface area contributed by atoms with Crippen LogP contribution in [0.4, 0.5) is 17.2 Å². The maximum atomic E-state index is 10.8. The fraction of sp³-hybridized carbons (Fsp3) is 0.278. The second-order valence-electron chi connectivity index (χ2n) is 6.37. The lowest BCUT2D eigenvalue weighted by Gasteiger charge is -2.08. The molecule has 2 aromatic heterocycles. The minimum absolute atomic E-state index is 0.00407. The van der Waals surface area contributed by atoms with Gasteiger partial charge in [-0.3, -0.25) is 10.1 Å². The number of rotatable bonds is 7. The van der Waals surface area contributed by atoms with Crippen LogP contribution >= 0.6 is 0 Å². The normalized spacial score (nSPS) is 13.4. The van der Waals surface area contributed by atoms with E-state index in [1.165, 1.54) is 6.20 Å². The standard InChI is InChI=1S/C18H17N5O4/c1-11-8-16(19-9-15(11)23(24)25)20-13-4-6-14(7-5-13)26-10-17-21-18(27-22-17)12-2-3-12/h4-9,12H,2-3,10H2,1H3,(H,19,20). The van der Waals surface area contributed by atoms with E-state index < -0.39 is 4.92 Å². The van der Waals surface area contributed by atoms with Crippen molar-refractivity contribution in [3.63, 3.8) is 0 Å². The molecule has 0 spiro atoms. The van der Waals surface area contributed by atoms with E-state index in [9.17, 15) is 10.1 Å². The zero-order valence-electron chi connectivity index (χ0n) is 14.6. The van der Waals surface area contributed by atoms with Gasteiger partial charge < -0.3 is 14.6 Å². The van der Waals surface area contributed by atoms with Gasteiger partial charge in [-0.05, 0) is 50.1 Å². The lowest BCUT2D eigenvalue weighted by molar-refractivity contribution is -0.385. The van der Waals surface area contributed by atoms with Crippen LogP contribution in [0.5, 0.6) is 5.75 Å². The molecule has 4 rings (SSSR count). The molecule has 0 saturated heterocycles. The number of aromatic nitrogens is 3. The molecular weight excluding hydrogens is 350 g/mol. The van der Waals surface area contributed by atoms with E-state index in [4.69, 9.17) is 9.26 Å². The summed E-state index contributed by atoms with van der Waals surface area (Å²) >= 11 is 0. The topological polar surface area (TPSA) is 116 Å². The van der Waals surface area contributed by atoms with Gasteiger partial charge in [0.25, 0.3) is 5.69 Å². The van der Waals surface area contributed by atoms with Crippen LogP contribution in [0.3, 0.4) is 0 Å². The Morgan fingerprint density at radius 1 is 1.33 bits per heavy atom. The largest absolute Gasteiger partial charge is 0.485 e. The predicted octanol–water partition coefficient (Wildman–Crippen LogP) is 3.88. The third-order valence-electron chi connectivity index (χ3n) is 4.18. The molecule has 0 atom stereocenters. The summed E-state index contributed by atoms with van der Waals surface area (Å²) in [6.07, 6.45) is 3.47. The molecule has 0 radical (unpaired) electrons. The summed E-state index contributed by atoms with van der Waals surface area (Å²) in [5.41, 5.74) is 1.33. The van der Waals surface area contributed by atoms with Crippen LogP contribution in [0.15, 0.2) is 41.1 Å². The predicted molar refractivity (Wildman–Crippen MR) is 96.0 cm³/mol. The molecule has 2 heterocycles. The van der Waals surface area contributed by atoms with Gasteiger partial charge in [0.15, 0.2) is 6.61 Å². The molecule has 9 heteroatoms. The molecule has 3 aromatic rings. The maximum absolute atomic E-state index is 10.8. The molecule has 1 aliphatic rings. The molecule has 9 nitrogen and oxygen atoms in total. The number of hydrogen-bond acceptors (Lipinski definition) is 8. The lowest BCUT2D eigenvalue weighted by atomic mass is 10.2. The monoisotopic (exact) mass is 367 g/mol. The molecule has 0 aliphatic heterocycles. The molecule has 1 aliphatic carbocycles. The van der Waals surface area contributed by atoms with Crippen LogP contribution in [0.1, 0.15) is 36.0 Å². The van der Waals surface area contributed by atoms with Crippen molar-refractivity contribution >= 4 is 17.2 Å².